The van der Waals surface area contributed by atoms with E-state index < -0.39 is 41.3 Å². The van der Waals surface area contributed by atoms with Gasteiger partial charge in [0.15, 0.2) is 0 Å². The Morgan fingerprint density at radius 1 is 1.03 bits per heavy atom. The Balaban J connectivity index is 0.000000252. The van der Waals surface area contributed by atoms with E-state index >= 15 is 0 Å². The van der Waals surface area contributed by atoms with Gasteiger partial charge in [-0.05, 0) is 83.0 Å². The molecule has 0 radical (unpaired) electrons. The number of epoxide rings is 1. The summed E-state index contributed by atoms with van der Waals surface area (Å²) < 4.78 is 21.4. The second kappa shape index (κ2) is 11.0. The minimum absolute atomic E-state index is 0.0520. The van der Waals surface area contributed by atoms with Gasteiger partial charge in [0, 0.05) is 11.8 Å². The fourth-order valence-electron chi connectivity index (χ4n) is 8.25. The molecule has 0 aromatic carbocycles. The van der Waals surface area contributed by atoms with Crippen molar-refractivity contribution in [1.29, 1.82) is 0 Å². The first-order valence-electron chi connectivity index (χ1n) is 14.9. The van der Waals surface area contributed by atoms with E-state index in [-0.39, 0.29) is 42.7 Å². The van der Waals surface area contributed by atoms with Gasteiger partial charge in [0.05, 0.1) is 43.0 Å². The third-order valence-electron chi connectivity index (χ3n) is 10.6. The minimum atomic E-state index is -1.13. The Labute approximate surface area is 230 Å². The number of carbonyl (C=O) groups excluding carboxylic acids is 3. The SMILES string of the molecule is C1CC2CC1CC2C1CO1.CCC(CC(CC(C)(C)C(=O)O)C(=O)OC)C(=O)OC1C2CC3C(=O)OC1C3C2. The average Bonchev–Trinajstić information content (AvgIpc) is 3.20. The number of rotatable bonds is 10. The van der Waals surface area contributed by atoms with E-state index in [1.54, 1.807) is 13.8 Å². The molecule has 4 aliphatic carbocycles. The fourth-order valence-corrected chi connectivity index (χ4v) is 8.25. The van der Waals surface area contributed by atoms with Crippen LogP contribution in [0, 0.1) is 52.8 Å². The van der Waals surface area contributed by atoms with Crippen LogP contribution in [-0.2, 0) is 38.1 Å². The van der Waals surface area contributed by atoms with Crippen LogP contribution in [0.5, 0.6) is 0 Å². The topological polar surface area (TPSA) is 129 Å². The maximum Gasteiger partial charge on any atom is 0.309 e. The van der Waals surface area contributed by atoms with Gasteiger partial charge in [0.25, 0.3) is 0 Å². The van der Waals surface area contributed by atoms with E-state index in [4.69, 9.17) is 18.9 Å². The molecule has 0 aromatic heterocycles. The molecular weight excluding hydrogens is 504 g/mol. The summed E-state index contributed by atoms with van der Waals surface area (Å²) in [5, 5.41) is 9.39. The summed E-state index contributed by atoms with van der Waals surface area (Å²) >= 11 is 0. The molecule has 6 fully saturated rings. The summed E-state index contributed by atoms with van der Waals surface area (Å²) in [6.45, 7) is 6.00. The molecule has 4 bridgehead atoms. The van der Waals surface area contributed by atoms with Crippen molar-refractivity contribution in [3.8, 4) is 0 Å². The molecule has 6 aliphatic rings. The second-order valence-electron chi connectivity index (χ2n) is 13.5. The Morgan fingerprint density at radius 2 is 1.77 bits per heavy atom. The number of fused-ring (bicyclic) bond motifs is 3. The second-order valence-corrected chi connectivity index (χ2v) is 13.5. The maximum atomic E-state index is 12.9. The van der Waals surface area contributed by atoms with Gasteiger partial charge in [0.1, 0.15) is 12.2 Å². The van der Waals surface area contributed by atoms with E-state index in [2.05, 4.69) is 0 Å². The van der Waals surface area contributed by atoms with Crippen LogP contribution in [0.15, 0.2) is 0 Å². The maximum absolute atomic E-state index is 12.9. The number of aliphatic carboxylic acids is 1. The Kier molecular flexibility index (Phi) is 8.01. The van der Waals surface area contributed by atoms with Crippen molar-refractivity contribution in [2.24, 2.45) is 52.8 Å². The minimum Gasteiger partial charge on any atom is -0.481 e. The Bertz CT molecular complexity index is 971. The third kappa shape index (κ3) is 5.70. The van der Waals surface area contributed by atoms with Crippen LogP contribution < -0.4 is 0 Å². The van der Waals surface area contributed by atoms with Crippen molar-refractivity contribution in [3.63, 3.8) is 0 Å². The number of carbonyl (C=O) groups is 4. The number of carboxylic acid groups (broad SMARTS) is 1. The number of carboxylic acids is 1. The summed E-state index contributed by atoms with van der Waals surface area (Å²) in [7, 11) is 1.25. The molecule has 2 aliphatic heterocycles. The molecule has 218 valence electrons. The highest BCUT2D eigenvalue weighted by Gasteiger charge is 2.63. The lowest BCUT2D eigenvalue weighted by atomic mass is 9.79. The van der Waals surface area contributed by atoms with Crippen LogP contribution >= 0.6 is 0 Å². The summed E-state index contributed by atoms with van der Waals surface area (Å²) in [4.78, 5) is 48.5. The Hall–Kier alpha value is -2.16. The van der Waals surface area contributed by atoms with Crippen molar-refractivity contribution in [2.45, 2.75) is 96.9 Å². The van der Waals surface area contributed by atoms with Crippen molar-refractivity contribution in [3.05, 3.63) is 0 Å². The molecule has 0 spiro atoms. The number of hydrogen-bond acceptors (Lipinski definition) is 8. The molecule has 1 N–H and O–H groups in total. The largest absolute Gasteiger partial charge is 0.481 e. The first-order chi connectivity index (χ1) is 18.5. The molecule has 11 atom stereocenters. The van der Waals surface area contributed by atoms with Crippen LogP contribution in [0.25, 0.3) is 0 Å². The molecule has 9 nitrogen and oxygen atoms in total. The summed E-state index contributed by atoms with van der Waals surface area (Å²) in [6.07, 6.45) is 8.21. The molecule has 2 heterocycles. The van der Waals surface area contributed by atoms with Crippen molar-refractivity contribution < 1.29 is 43.2 Å². The van der Waals surface area contributed by atoms with Crippen LogP contribution in [-0.4, -0.2) is 61.0 Å². The monoisotopic (exact) mass is 548 g/mol. The van der Waals surface area contributed by atoms with Crippen molar-refractivity contribution in [1.82, 2.24) is 0 Å². The highest BCUT2D eigenvalue weighted by Crippen LogP contribution is 2.55. The van der Waals surface area contributed by atoms with E-state index in [0.29, 0.717) is 18.9 Å². The van der Waals surface area contributed by atoms with Crippen LogP contribution in [0.2, 0.25) is 0 Å². The number of hydrogen-bond donors (Lipinski definition) is 1. The van der Waals surface area contributed by atoms with Gasteiger partial charge in [-0.2, -0.15) is 0 Å². The van der Waals surface area contributed by atoms with E-state index in [1.165, 1.54) is 32.8 Å². The zero-order chi connectivity index (χ0) is 28.1. The predicted molar refractivity (Wildman–Crippen MR) is 138 cm³/mol. The summed E-state index contributed by atoms with van der Waals surface area (Å²) in [5.74, 6) is -0.0526. The van der Waals surface area contributed by atoms with E-state index in [1.807, 2.05) is 6.92 Å². The highest BCUT2D eigenvalue weighted by molar-refractivity contribution is 5.79. The molecule has 0 aromatic rings. The first-order valence-corrected chi connectivity index (χ1v) is 14.9. The van der Waals surface area contributed by atoms with Gasteiger partial charge in [0.2, 0.25) is 0 Å². The molecule has 11 unspecified atom stereocenters. The molecular formula is C30H44O9. The van der Waals surface area contributed by atoms with Crippen LogP contribution in [0.1, 0.15) is 78.6 Å². The van der Waals surface area contributed by atoms with Crippen LogP contribution in [0.3, 0.4) is 0 Å². The van der Waals surface area contributed by atoms with Gasteiger partial charge in [-0.25, -0.2) is 0 Å². The number of esters is 3. The third-order valence-corrected chi connectivity index (χ3v) is 10.6. The van der Waals surface area contributed by atoms with Gasteiger partial charge in [-0.3, -0.25) is 19.2 Å². The fraction of sp³-hybridized carbons (Fsp3) is 0.867. The lowest BCUT2D eigenvalue weighted by Crippen LogP contribution is -2.38. The lowest BCUT2D eigenvalue weighted by molar-refractivity contribution is -0.167. The molecule has 2 saturated heterocycles. The van der Waals surface area contributed by atoms with E-state index in [9.17, 15) is 24.3 Å². The quantitative estimate of drug-likeness (QED) is 0.245. The highest BCUT2D eigenvalue weighted by atomic mass is 16.6. The number of methoxy groups -OCH3 is 1. The standard InChI is InChI=1S/C21H30O8.C9H14O/c1-5-10(6-12(17(22)27-4)9-21(2,3)20(25)26)18(23)28-15-11-7-13-14(8-11)19(24)29-16(13)15;1-2-7-3-6(1)4-8(7)9-5-10-9/h10-16H,5-9H2,1-4H3,(H,25,26);6-9H,1-5H2. The Morgan fingerprint density at radius 3 is 2.33 bits per heavy atom. The zero-order valence-corrected chi connectivity index (χ0v) is 23.6. The van der Waals surface area contributed by atoms with Gasteiger partial charge in [-0.1, -0.05) is 13.3 Å². The molecule has 4 saturated carbocycles. The smallest absolute Gasteiger partial charge is 0.309 e. The predicted octanol–water partition coefficient (Wildman–Crippen LogP) is 4.01. The van der Waals surface area contributed by atoms with Crippen molar-refractivity contribution in [2.75, 3.05) is 13.7 Å². The van der Waals surface area contributed by atoms with E-state index in [0.717, 1.165) is 30.8 Å². The first kappa shape index (κ1) is 28.4. The number of ether oxygens (including phenoxy) is 4. The van der Waals surface area contributed by atoms with Crippen LogP contribution in [0.4, 0.5) is 0 Å². The lowest BCUT2D eigenvalue weighted by Gasteiger charge is -2.29. The zero-order valence-electron chi connectivity index (χ0n) is 23.6. The van der Waals surface area contributed by atoms with Gasteiger partial charge in [-0.15, -0.1) is 0 Å². The molecule has 6 rings (SSSR count). The molecule has 0 amide bonds. The van der Waals surface area contributed by atoms with Gasteiger partial charge < -0.3 is 24.1 Å². The van der Waals surface area contributed by atoms with Crippen molar-refractivity contribution >= 4 is 23.9 Å². The molecule has 39 heavy (non-hydrogen) atoms. The summed E-state index contributed by atoms with van der Waals surface area (Å²) in [6, 6.07) is 0. The molecule has 9 heteroatoms. The average molecular weight is 549 g/mol. The summed E-state index contributed by atoms with van der Waals surface area (Å²) in [5.41, 5.74) is -1.13. The van der Waals surface area contributed by atoms with Gasteiger partial charge >= 0.3 is 23.9 Å². The normalized spacial score (nSPS) is 38.5.